The molecule has 1 heterocycles. The maximum absolute atomic E-state index is 13.0. The zero-order chi connectivity index (χ0) is 18.4. The molecule has 0 saturated carbocycles. The van der Waals surface area contributed by atoms with Crippen LogP contribution in [0.15, 0.2) is 41.1 Å². The van der Waals surface area contributed by atoms with Gasteiger partial charge in [-0.15, -0.1) is 0 Å². The zero-order valence-electron chi connectivity index (χ0n) is 13.5. The van der Waals surface area contributed by atoms with Gasteiger partial charge in [-0.3, -0.25) is 9.59 Å². The molecule has 0 aliphatic rings. The third kappa shape index (κ3) is 5.32. The Hall–Kier alpha value is -2.35. The summed E-state index contributed by atoms with van der Waals surface area (Å²) in [6, 6.07) is 6.83. The van der Waals surface area contributed by atoms with Gasteiger partial charge in [0.1, 0.15) is 0 Å². The van der Waals surface area contributed by atoms with Crippen molar-refractivity contribution in [1.82, 2.24) is 10.2 Å². The van der Waals surface area contributed by atoms with Crippen LogP contribution in [0.3, 0.4) is 0 Å². The maximum Gasteiger partial charge on any atom is 0.416 e. The van der Waals surface area contributed by atoms with Gasteiger partial charge in [0.25, 0.3) is 5.91 Å². The third-order valence-electron chi connectivity index (χ3n) is 3.56. The monoisotopic (exact) mass is 370 g/mol. The fourth-order valence-corrected chi connectivity index (χ4v) is 2.88. The number of halogens is 3. The van der Waals surface area contributed by atoms with E-state index in [1.807, 2.05) is 0 Å². The topological polar surface area (TPSA) is 49.4 Å². The fourth-order valence-electron chi connectivity index (χ4n) is 2.25. The highest BCUT2D eigenvalue weighted by Gasteiger charge is 2.33. The molecule has 0 spiro atoms. The number of carbonyl (C=O) groups excluding carboxylic acids is 2. The van der Waals surface area contributed by atoms with Gasteiger partial charge in [-0.05, 0) is 23.1 Å². The van der Waals surface area contributed by atoms with Crippen LogP contribution in [0.2, 0.25) is 0 Å². The summed E-state index contributed by atoms with van der Waals surface area (Å²) in [6.45, 7) is -0.0221. The number of nitrogens with zero attached hydrogens (tertiary/aromatic N) is 1. The van der Waals surface area contributed by atoms with Crippen LogP contribution in [0, 0.1) is 0 Å². The minimum Gasteiger partial charge on any atom is -0.351 e. The fraction of sp³-hybridized carbons (Fsp3) is 0.294. The van der Waals surface area contributed by atoms with Crippen LogP contribution in [0.5, 0.6) is 0 Å². The van der Waals surface area contributed by atoms with Crippen LogP contribution in [-0.4, -0.2) is 30.3 Å². The second kappa shape index (κ2) is 8.15. The lowest BCUT2D eigenvalue weighted by Crippen LogP contribution is -2.32. The summed E-state index contributed by atoms with van der Waals surface area (Å²) < 4.78 is 38.9. The van der Waals surface area contributed by atoms with E-state index in [-0.39, 0.29) is 36.9 Å². The molecule has 1 aromatic heterocycles. The van der Waals surface area contributed by atoms with Crippen molar-refractivity contribution in [2.24, 2.45) is 0 Å². The van der Waals surface area contributed by atoms with E-state index in [0.717, 1.165) is 6.07 Å². The largest absolute Gasteiger partial charge is 0.416 e. The van der Waals surface area contributed by atoms with E-state index in [0.29, 0.717) is 5.56 Å². The number of rotatable bonds is 6. The average Bonchev–Trinajstić information content (AvgIpc) is 3.08. The Bertz CT molecular complexity index is 730. The van der Waals surface area contributed by atoms with E-state index in [1.165, 1.54) is 41.5 Å². The van der Waals surface area contributed by atoms with E-state index in [2.05, 4.69) is 5.32 Å². The standard InChI is InChI=1S/C17H17F3N2O2S/c1-22(10-12-4-2-3-5-14(12)17(18,19)20)15(23)6-8-21-16(24)13-7-9-25-11-13/h2-5,7,9,11H,6,8,10H2,1H3,(H,21,24). The molecule has 0 unspecified atom stereocenters. The molecule has 134 valence electrons. The normalized spacial score (nSPS) is 11.2. The highest BCUT2D eigenvalue weighted by Crippen LogP contribution is 2.32. The molecular weight excluding hydrogens is 353 g/mol. The molecule has 0 radical (unpaired) electrons. The van der Waals surface area contributed by atoms with Gasteiger partial charge in [-0.2, -0.15) is 24.5 Å². The van der Waals surface area contributed by atoms with Crippen molar-refractivity contribution < 1.29 is 22.8 Å². The van der Waals surface area contributed by atoms with Crippen molar-refractivity contribution >= 4 is 23.2 Å². The molecule has 25 heavy (non-hydrogen) atoms. The first kappa shape index (κ1) is 19.0. The molecule has 0 atom stereocenters. The first-order valence-corrected chi connectivity index (χ1v) is 8.43. The molecule has 4 nitrogen and oxygen atoms in total. The number of hydrogen-bond donors (Lipinski definition) is 1. The number of hydrogen-bond acceptors (Lipinski definition) is 3. The molecule has 0 aliphatic heterocycles. The first-order chi connectivity index (χ1) is 11.8. The van der Waals surface area contributed by atoms with Gasteiger partial charge >= 0.3 is 6.18 Å². The zero-order valence-corrected chi connectivity index (χ0v) is 14.3. The Balaban J connectivity index is 1.88. The number of thiophene rings is 1. The number of alkyl halides is 3. The predicted octanol–water partition coefficient (Wildman–Crippen LogP) is 3.55. The van der Waals surface area contributed by atoms with Gasteiger partial charge in [-0.25, -0.2) is 0 Å². The van der Waals surface area contributed by atoms with Gasteiger partial charge in [0.2, 0.25) is 5.91 Å². The summed E-state index contributed by atoms with van der Waals surface area (Å²) in [4.78, 5) is 25.0. The second-order valence-corrected chi connectivity index (χ2v) is 6.20. The molecule has 2 aromatic rings. The Morgan fingerprint density at radius 3 is 2.56 bits per heavy atom. The van der Waals surface area contributed by atoms with Crippen LogP contribution in [0.1, 0.15) is 27.9 Å². The van der Waals surface area contributed by atoms with Gasteiger partial charge in [0.15, 0.2) is 0 Å². The van der Waals surface area contributed by atoms with Gasteiger partial charge < -0.3 is 10.2 Å². The van der Waals surface area contributed by atoms with Crippen molar-refractivity contribution in [2.75, 3.05) is 13.6 Å². The molecule has 2 rings (SSSR count). The minimum atomic E-state index is -4.46. The molecule has 2 amide bonds. The van der Waals surface area contributed by atoms with Crippen LogP contribution in [-0.2, 0) is 17.5 Å². The third-order valence-corrected chi connectivity index (χ3v) is 4.25. The van der Waals surface area contributed by atoms with E-state index in [9.17, 15) is 22.8 Å². The van der Waals surface area contributed by atoms with Crippen molar-refractivity contribution in [3.63, 3.8) is 0 Å². The van der Waals surface area contributed by atoms with E-state index < -0.39 is 11.7 Å². The summed E-state index contributed by atoms with van der Waals surface area (Å²) in [5, 5.41) is 6.07. The first-order valence-electron chi connectivity index (χ1n) is 7.48. The van der Waals surface area contributed by atoms with Crippen molar-refractivity contribution in [3.8, 4) is 0 Å². The molecular formula is C17H17F3N2O2S. The summed E-state index contributed by atoms with van der Waals surface area (Å²) in [6.07, 6.45) is -4.45. The van der Waals surface area contributed by atoms with E-state index >= 15 is 0 Å². The summed E-state index contributed by atoms with van der Waals surface area (Å²) in [7, 11) is 1.44. The summed E-state index contributed by atoms with van der Waals surface area (Å²) in [5.41, 5.74) is -0.196. The Kier molecular flexibility index (Phi) is 6.19. The lowest BCUT2D eigenvalue weighted by molar-refractivity contribution is -0.139. The molecule has 8 heteroatoms. The highest BCUT2D eigenvalue weighted by molar-refractivity contribution is 7.08. The number of benzene rings is 1. The molecule has 0 aliphatic carbocycles. The lowest BCUT2D eigenvalue weighted by atomic mass is 10.1. The minimum absolute atomic E-state index is 0.0144. The predicted molar refractivity (Wildman–Crippen MR) is 89.2 cm³/mol. The van der Waals surface area contributed by atoms with Crippen LogP contribution < -0.4 is 5.32 Å². The maximum atomic E-state index is 13.0. The van der Waals surface area contributed by atoms with Crippen LogP contribution in [0.25, 0.3) is 0 Å². The molecule has 1 N–H and O–H groups in total. The van der Waals surface area contributed by atoms with Crippen molar-refractivity contribution in [1.29, 1.82) is 0 Å². The highest BCUT2D eigenvalue weighted by atomic mass is 32.1. The number of amides is 2. The lowest BCUT2D eigenvalue weighted by Gasteiger charge is -2.20. The van der Waals surface area contributed by atoms with E-state index in [1.54, 1.807) is 16.8 Å². The number of carbonyl (C=O) groups is 2. The average molecular weight is 370 g/mol. The summed E-state index contributed by atoms with van der Waals surface area (Å²) >= 11 is 1.39. The van der Waals surface area contributed by atoms with Crippen molar-refractivity contribution in [2.45, 2.75) is 19.1 Å². The van der Waals surface area contributed by atoms with Gasteiger partial charge in [0.05, 0.1) is 5.56 Å². The summed E-state index contributed by atoms with van der Waals surface area (Å²) in [5.74, 6) is -0.623. The molecule has 0 fully saturated rings. The van der Waals surface area contributed by atoms with Crippen molar-refractivity contribution in [3.05, 3.63) is 57.8 Å². The molecule has 0 bridgehead atoms. The Morgan fingerprint density at radius 2 is 1.92 bits per heavy atom. The Labute approximate surface area is 147 Å². The van der Waals surface area contributed by atoms with Gasteiger partial charge in [0, 0.05) is 37.5 Å². The van der Waals surface area contributed by atoms with Crippen LogP contribution in [0.4, 0.5) is 13.2 Å². The second-order valence-electron chi connectivity index (χ2n) is 5.42. The van der Waals surface area contributed by atoms with E-state index in [4.69, 9.17) is 0 Å². The van der Waals surface area contributed by atoms with Crippen LogP contribution >= 0.6 is 11.3 Å². The smallest absolute Gasteiger partial charge is 0.351 e. The SMILES string of the molecule is CN(Cc1ccccc1C(F)(F)F)C(=O)CCNC(=O)c1ccsc1. The quantitative estimate of drug-likeness (QED) is 0.846. The molecule has 0 saturated heterocycles. The van der Waals surface area contributed by atoms with Gasteiger partial charge in [-0.1, -0.05) is 18.2 Å². The Morgan fingerprint density at radius 1 is 1.20 bits per heavy atom. The molecule has 1 aromatic carbocycles. The number of nitrogens with one attached hydrogen (secondary N) is 1.